The van der Waals surface area contributed by atoms with Gasteiger partial charge in [-0.25, -0.2) is 8.78 Å². The minimum atomic E-state index is -1.39. The van der Waals surface area contributed by atoms with Crippen LogP contribution in [-0.2, 0) is 10.8 Å². The van der Waals surface area contributed by atoms with Gasteiger partial charge in [0, 0.05) is 12.1 Å². The molecule has 1 aromatic rings. The van der Waals surface area contributed by atoms with Gasteiger partial charge in [-0.05, 0) is 31.0 Å². The van der Waals surface area contributed by atoms with E-state index < -0.39 is 22.4 Å². The number of hydrogen-bond acceptors (Lipinski definition) is 2. The molecule has 2 nitrogen and oxygen atoms in total. The van der Waals surface area contributed by atoms with Crippen LogP contribution in [0.2, 0.25) is 0 Å². The Morgan fingerprint density at radius 1 is 1.33 bits per heavy atom. The maximum Gasteiger partial charge on any atom is 0.142 e. The summed E-state index contributed by atoms with van der Waals surface area (Å²) in [5, 5.41) is 3.07. The Balaban J connectivity index is 2.46. The maximum atomic E-state index is 13.7. The second-order valence-corrected chi connectivity index (χ2v) is 6.09. The lowest BCUT2D eigenvalue weighted by molar-refractivity contribution is 0.495. The van der Waals surface area contributed by atoms with Crippen LogP contribution in [0.3, 0.4) is 0 Å². The smallest absolute Gasteiger partial charge is 0.142 e. The molecule has 1 aromatic carbocycles. The fraction of sp³-hybridized carbons (Fsp3) is 0.538. The lowest BCUT2D eigenvalue weighted by Gasteiger charge is -2.19. The van der Waals surface area contributed by atoms with E-state index in [1.807, 2.05) is 13.8 Å². The molecule has 1 aliphatic heterocycles. The van der Waals surface area contributed by atoms with Gasteiger partial charge in [0.1, 0.15) is 11.6 Å². The fourth-order valence-electron chi connectivity index (χ4n) is 2.43. The standard InChI is InChI=1S/C13H17F2NOS/c1-3-5-16-12-9-6-8(14)7-10(15)13(9)18(17)11(12)4-2/h6-7,11-12,16H,3-5H2,1-2H3. The molecule has 0 aromatic heterocycles. The van der Waals surface area contributed by atoms with E-state index in [0.717, 1.165) is 19.0 Å². The summed E-state index contributed by atoms with van der Waals surface area (Å²) in [6.07, 6.45) is 1.59. The first-order chi connectivity index (χ1) is 8.60. The average molecular weight is 273 g/mol. The molecule has 100 valence electrons. The zero-order valence-electron chi connectivity index (χ0n) is 10.5. The molecule has 0 radical (unpaired) electrons. The number of halogens is 2. The molecular weight excluding hydrogens is 256 g/mol. The van der Waals surface area contributed by atoms with Crippen molar-refractivity contribution in [1.82, 2.24) is 5.32 Å². The predicted molar refractivity (Wildman–Crippen MR) is 67.9 cm³/mol. The Labute approximate surface area is 108 Å². The molecule has 0 bridgehead atoms. The molecule has 1 aliphatic rings. The number of benzene rings is 1. The molecule has 1 heterocycles. The molecule has 0 aliphatic carbocycles. The van der Waals surface area contributed by atoms with E-state index in [1.165, 1.54) is 6.07 Å². The van der Waals surface area contributed by atoms with Crippen molar-refractivity contribution in [2.24, 2.45) is 0 Å². The van der Waals surface area contributed by atoms with Gasteiger partial charge < -0.3 is 5.32 Å². The van der Waals surface area contributed by atoms with Crippen molar-refractivity contribution < 1.29 is 13.0 Å². The highest BCUT2D eigenvalue weighted by Crippen LogP contribution is 2.39. The minimum absolute atomic E-state index is 0.178. The first-order valence-electron chi connectivity index (χ1n) is 6.23. The Kier molecular flexibility index (Phi) is 4.12. The summed E-state index contributed by atoms with van der Waals surface area (Å²) in [5.41, 5.74) is 0.520. The molecule has 5 heteroatoms. The van der Waals surface area contributed by atoms with Crippen LogP contribution in [0.25, 0.3) is 0 Å². The van der Waals surface area contributed by atoms with Gasteiger partial charge in [-0.15, -0.1) is 0 Å². The van der Waals surface area contributed by atoms with Gasteiger partial charge in [0.2, 0.25) is 0 Å². The van der Waals surface area contributed by atoms with Crippen LogP contribution < -0.4 is 5.32 Å². The topological polar surface area (TPSA) is 29.1 Å². The van der Waals surface area contributed by atoms with Crippen molar-refractivity contribution in [3.63, 3.8) is 0 Å². The maximum absolute atomic E-state index is 13.7. The van der Waals surface area contributed by atoms with Crippen molar-refractivity contribution in [3.05, 3.63) is 29.3 Å². The molecule has 0 spiro atoms. The lowest BCUT2D eigenvalue weighted by atomic mass is 10.0. The Morgan fingerprint density at radius 3 is 2.67 bits per heavy atom. The van der Waals surface area contributed by atoms with E-state index in [9.17, 15) is 13.0 Å². The number of hydrogen-bond donors (Lipinski definition) is 1. The van der Waals surface area contributed by atoms with Crippen molar-refractivity contribution in [3.8, 4) is 0 Å². The van der Waals surface area contributed by atoms with Crippen molar-refractivity contribution >= 4 is 10.8 Å². The van der Waals surface area contributed by atoms with Gasteiger partial charge in [-0.2, -0.15) is 0 Å². The number of fused-ring (bicyclic) bond motifs is 1. The quantitative estimate of drug-likeness (QED) is 0.914. The first kappa shape index (κ1) is 13.6. The summed E-state index contributed by atoms with van der Waals surface area (Å²) in [6.45, 7) is 4.69. The van der Waals surface area contributed by atoms with Crippen LogP contribution >= 0.6 is 0 Å². The van der Waals surface area contributed by atoms with E-state index in [2.05, 4.69) is 5.32 Å². The molecule has 1 N–H and O–H groups in total. The molecule has 0 fully saturated rings. The molecule has 0 amide bonds. The predicted octanol–water partition coefficient (Wildman–Crippen LogP) is 2.91. The molecule has 3 atom stereocenters. The first-order valence-corrected chi connectivity index (χ1v) is 7.44. The van der Waals surface area contributed by atoms with Gasteiger partial charge >= 0.3 is 0 Å². The van der Waals surface area contributed by atoms with Crippen LogP contribution in [0.4, 0.5) is 8.78 Å². The van der Waals surface area contributed by atoms with Gasteiger partial charge in [-0.3, -0.25) is 4.21 Å². The molecule has 18 heavy (non-hydrogen) atoms. The minimum Gasteiger partial charge on any atom is -0.309 e. The summed E-state index contributed by atoms with van der Waals surface area (Å²) in [5.74, 6) is -1.30. The van der Waals surface area contributed by atoms with E-state index in [0.29, 0.717) is 12.0 Å². The Hall–Kier alpha value is -0.810. The average Bonchev–Trinajstić information content (AvgIpc) is 2.58. The van der Waals surface area contributed by atoms with Crippen molar-refractivity contribution in [2.75, 3.05) is 6.54 Å². The van der Waals surface area contributed by atoms with Gasteiger partial charge in [-0.1, -0.05) is 13.8 Å². The lowest BCUT2D eigenvalue weighted by Crippen LogP contribution is -2.30. The van der Waals surface area contributed by atoms with Crippen molar-refractivity contribution in [1.29, 1.82) is 0 Å². The van der Waals surface area contributed by atoms with Gasteiger partial charge in [0.25, 0.3) is 0 Å². The monoisotopic (exact) mass is 273 g/mol. The van der Waals surface area contributed by atoms with E-state index in [-0.39, 0.29) is 16.2 Å². The highest BCUT2D eigenvalue weighted by atomic mass is 32.2. The van der Waals surface area contributed by atoms with Gasteiger partial charge in [0.15, 0.2) is 0 Å². The largest absolute Gasteiger partial charge is 0.309 e. The summed E-state index contributed by atoms with van der Waals surface area (Å²) < 4.78 is 39.3. The summed E-state index contributed by atoms with van der Waals surface area (Å²) >= 11 is 0. The zero-order chi connectivity index (χ0) is 13.3. The third-order valence-electron chi connectivity index (χ3n) is 3.24. The van der Waals surface area contributed by atoms with E-state index in [1.54, 1.807) is 0 Å². The second kappa shape index (κ2) is 5.45. The Morgan fingerprint density at radius 2 is 2.06 bits per heavy atom. The van der Waals surface area contributed by atoms with E-state index >= 15 is 0 Å². The molecule has 0 saturated carbocycles. The highest BCUT2D eigenvalue weighted by Gasteiger charge is 2.39. The Bertz CT molecular complexity index is 478. The summed E-state index contributed by atoms with van der Waals surface area (Å²) in [6, 6.07) is 1.90. The highest BCUT2D eigenvalue weighted by molar-refractivity contribution is 7.86. The fourth-order valence-corrected chi connectivity index (χ4v) is 4.19. The van der Waals surface area contributed by atoms with Crippen LogP contribution in [0.15, 0.2) is 17.0 Å². The third-order valence-corrected chi connectivity index (χ3v) is 5.23. The van der Waals surface area contributed by atoms with Gasteiger partial charge in [0.05, 0.1) is 20.9 Å². The molecular formula is C13H17F2NOS. The normalized spacial score (nSPS) is 26.3. The van der Waals surface area contributed by atoms with E-state index in [4.69, 9.17) is 0 Å². The number of rotatable bonds is 4. The van der Waals surface area contributed by atoms with Crippen molar-refractivity contribution in [2.45, 2.75) is 42.9 Å². The molecule has 2 rings (SSSR count). The second-order valence-electron chi connectivity index (χ2n) is 4.48. The van der Waals surface area contributed by atoms with Crippen LogP contribution in [-0.4, -0.2) is 16.0 Å². The summed E-state index contributed by atoms with van der Waals surface area (Å²) in [7, 11) is -1.39. The zero-order valence-corrected chi connectivity index (χ0v) is 11.3. The van der Waals surface area contributed by atoms with Crippen LogP contribution in [0, 0.1) is 11.6 Å². The molecule has 0 saturated heterocycles. The summed E-state index contributed by atoms with van der Waals surface area (Å²) in [4.78, 5) is 0.178. The molecule has 3 unspecified atom stereocenters. The third kappa shape index (κ3) is 2.21. The van der Waals surface area contributed by atoms with Crippen LogP contribution in [0.1, 0.15) is 38.3 Å². The number of nitrogens with one attached hydrogen (secondary N) is 1. The SMILES string of the molecule is CCCNC1c2cc(F)cc(F)c2S(=O)C1CC. The van der Waals surface area contributed by atoms with Crippen LogP contribution in [0.5, 0.6) is 0 Å².